The first kappa shape index (κ1) is 22.0. The van der Waals surface area contributed by atoms with Gasteiger partial charge in [0.15, 0.2) is 11.5 Å². The number of nitrogens with one attached hydrogen (secondary N) is 1. The first-order chi connectivity index (χ1) is 17.6. The van der Waals surface area contributed by atoms with Crippen molar-refractivity contribution in [3.05, 3.63) is 102 Å². The third-order valence-corrected chi connectivity index (χ3v) is 6.84. The summed E-state index contributed by atoms with van der Waals surface area (Å²) in [5.74, 6) is 1.13. The molecule has 36 heavy (non-hydrogen) atoms. The van der Waals surface area contributed by atoms with Crippen LogP contribution < -0.4 is 9.47 Å². The second-order valence-electron chi connectivity index (χ2n) is 8.84. The highest BCUT2D eigenvalue weighted by Gasteiger charge is 2.27. The van der Waals surface area contributed by atoms with Crippen LogP contribution in [-0.2, 0) is 11.2 Å². The van der Waals surface area contributed by atoms with Crippen LogP contribution in [0.1, 0.15) is 33.4 Å². The quantitative estimate of drug-likeness (QED) is 0.317. The van der Waals surface area contributed by atoms with E-state index in [-0.39, 0.29) is 18.8 Å². The summed E-state index contributed by atoms with van der Waals surface area (Å²) in [5.41, 5.74) is 5.23. The average Bonchev–Trinajstić information content (AvgIpc) is 3.67. The van der Waals surface area contributed by atoms with E-state index in [1.165, 1.54) is 7.11 Å². The van der Waals surface area contributed by atoms with Crippen LogP contribution in [0.15, 0.2) is 79.4 Å². The molecular weight excluding hydrogens is 454 g/mol. The van der Waals surface area contributed by atoms with Gasteiger partial charge in [-0.25, -0.2) is 9.78 Å². The number of carbonyl (C=O) groups is 1. The van der Waals surface area contributed by atoms with Crippen molar-refractivity contribution in [3.8, 4) is 22.6 Å². The van der Waals surface area contributed by atoms with Crippen molar-refractivity contribution < 1.29 is 19.0 Å². The van der Waals surface area contributed by atoms with E-state index in [2.05, 4.69) is 45.0 Å². The van der Waals surface area contributed by atoms with E-state index in [1.807, 2.05) is 49.5 Å². The minimum atomic E-state index is -0.361. The van der Waals surface area contributed by atoms with Crippen molar-refractivity contribution in [3.63, 3.8) is 0 Å². The number of ether oxygens (including phenoxy) is 3. The largest absolute Gasteiger partial charge is 0.465 e. The molecule has 1 N–H and O–H groups in total. The van der Waals surface area contributed by atoms with Gasteiger partial charge in [-0.3, -0.25) is 0 Å². The summed E-state index contributed by atoms with van der Waals surface area (Å²) < 4.78 is 18.5. The standard InChI is InChI=1S/C29H25N3O4/c1-18-28(29(33)34-2)23(22-9-5-7-20-6-3-4-8-21(20)22)15-32(18)25(24-14-30-16-31-24)12-19-10-11-26-27(13-19)36-17-35-26/h3-11,13-16,25H,12,17H2,1-2H3,(H,30,31). The molecule has 1 aliphatic rings. The Kier molecular flexibility index (Phi) is 5.45. The molecule has 7 heteroatoms. The monoisotopic (exact) mass is 479 g/mol. The predicted molar refractivity (Wildman–Crippen MR) is 136 cm³/mol. The maximum Gasteiger partial charge on any atom is 0.340 e. The second kappa shape index (κ2) is 8.92. The molecule has 0 spiro atoms. The lowest BCUT2D eigenvalue weighted by Gasteiger charge is -2.20. The number of methoxy groups -OCH3 is 1. The molecule has 2 aromatic heterocycles. The molecular formula is C29H25N3O4. The van der Waals surface area contributed by atoms with E-state index >= 15 is 0 Å². The van der Waals surface area contributed by atoms with E-state index in [9.17, 15) is 4.79 Å². The fourth-order valence-electron chi connectivity index (χ4n) is 5.07. The van der Waals surface area contributed by atoms with Crippen molar-refractivity contribution in [2.24, 2.45) is 0 Å². The summed E-state index contributed by atoms with van der Waals surface area (Å²) in [6, 6.07) is 20.2. The van der Waals surface area contributed by atoms with Crippen LogP contribution in [0.2, 0.25) is 0 Å². The van der Waals surface area contributed by atoms with E-state index in [1.54, 1.807) is 6.33 Å². The van der Waals surface area contributed by atoms with Gasteiger partial charge in [0, 0.05) is 17.5 Å². The van der Waals surface area contributed by atoms with Crippen LogP contribution in [0, 0.1) is 6.92 Å². The molecule has 0 saturated heterocycles. The van der Waals surface area contributed by atoms with Crippen LogP contribution in [0.4, 0.5) is 0 Å². The predicted octanol–water partition coefficient (Wildman–Crippen LogP) is 5.69. The van der Waals surface area contributed by atoms with Gasteiger partial charge in [-0.05, 0) is 47.4 Å². The number of imidazole rings is 1. The summed E-state index contributed by atoms with van der Waals surface area (Å²) in [6.07, 6.45) is 6.21. The Labute approximate surface area is 208 Å². The molecule has 6 rings (SSSR count). The molecule has 3 heterocycles. The number of fused-ring (bicyclic) bond motifs is 2. The van der Waals surface area contributed by atoms with Gasteiger partial charge in [-0.15, -0.1) is 0 Å². The van der Waals surface area contributed by atoms with Crippen LogP contribution in [-0.4, -0.2) is 34.4 Å². The zero-order valence-electron chi connectivity index (χ0n) is 20.0. The Morgan fingerprint density at radius 3 is 2.75 bits per heavy atom. The Balaban J connectivity index is 1.52. The Morgan fingerprint density at radius 2 is 1.92 bits per heavy atom. The number of hydrogen-bond acceptors (Lipinski definition) is 5. The highest BCUT2D eigenvalue weighted by Crippen LogP contribution is 2.38. The number of esters is 1. The molecule has 0 fully saturated rings. The normalized spacial score (nSPS) is 13.2. The number of aromatic nitrogens is 3. The van der Waals surface area contributed by atoms with Gasteiger partial charge in [0.25, 0.3) is 0 Å². The van der Waals surface area contributed by atoms with Crippen molar-refractivity contribution in [2.45, 2.75) is 19.4 Å². The van der Waals surface area contributed by atoms with Crippen LogP contribution in [0.25, 0.3) is 21.9 Å². The molecule has 1 aliphatic heterocycles. The van der Waals surface area contributed by atoms with Gasteiger partial charge in [-0.2, -0.15) is 0 Å². The van der Waals surface area contributed by atoms with Gasteiger partial charge in [-0.1, -0.05) is 48.5 Å². The zero-order valence-corrected chi connectivity index (χ0v) is 20.0. The van der Waals surface area contributed by atoms with Crippen molar-refractivity contribution in [1.82, 2.24) is 14.5 Å². The molecule has 1 atom stereocenters. The van der Waals surface area contributed by atoms with Crippen molar-refractivity contribution in [1.29, 1.82) is 0 Å². The van der Waals surface area contributed by atoms with E-state index in [0.29, 0.717) is 12.0 Å². The minimum absolute atomic E-state index is 0.139. The fourth-order valence-corrected chi connectivity index (χ4v) is 5.07. The summed E-state index contributed by atoms with van der Waals surface area (Å²) in [4.78, 5) is 20.6. The summed E-state index contributed by atoms with van der Waals surface area (Å²) in [7, 11) is 1.42. The maximum absolute atomic E-state index is 13.1. The van der Waals surface area contributed by atoms with Gasteiger partial charge in [0.05, 0.1) is 36.9 Å². The lowest BCUT2D eigenvalue weighted by atomic mass is 9.97. The summed E-state index contributed by atoms with van der Waals surface area (Å²) >= 11 is 0. The highest BCUT2D eigenvalue weighted by molar-refractivity contribution is 6.05. The molecule has 7 nitrogen and oxygen atoms in total. The first-order valence-corrected chi connectivity index (χ1v) is 11.8. The molecule has 5 aromatic rings. The topological polar surface area (TPSA) is 78.4 Å². The maximum atomic E-state index is 13.1. The van der Waals surface area contributed by atoms with Crippen LogP contribution in [0.5, 0.6) is 11.5 Å². The van der Waals surface area contributed by atoms with Crippen LogP contribution >= 0.6 is 0 Å². The number of aromatic amines is 1. The molecule has 1 unspecified atom stereocenters. The lowest BCUT2D eigenvalue weighted by molar-refractivity contribution is 0.0600. The van der Waals surface area contributed by atoms with Crippen molar-refractivity contribution >= 4 is 16.7 Å². The molecule has 180 valence electrons. The summed E-state index contributed by atoms with van der Waals surface area (Å²) in [5, 5.41) is 2.19. The number of hydrogen-bond donors (Lipinski definition) is 1. The molecule has 0 amide bonds. The van der Waals surface area contributed by atoms with Crippen LogP contribution in [0.3, 0.4) is 0 Å². The van der Waals surface area contributed by atoms with E-state index in [4.69, 9.17) is 14.2 Å². The van der Waals surface area contributed by atoms with Crippen molar-refractivity contribution in [2.75, 3.05) is 13.9 Å². The molecule has 0 radical (unpaired) electrons. The summed E-state index contributed by atoms with van der Waals surface area (Å²) in [6.45, 7) is 2.19. The molecule has 0 saturated carbocycles. The fraction of sp³-hybridized carbons (Fsp3) is 0.172. The number of carbonyl (C=O) groups excluding carboxylic acids is 1. The van der Waals surface area contributed by atoms with Gasteiger partial charge < -0.3 is 23.8 Å². The molecule has 3 aromatic carbocycles. The third-order valence-electron chi connectivity index (χ3n) is 6.84. The highest BCUT2D eigenvalue weighted by atomic mass is 16.7. The van der Waals surface area contributed by atoms with E-state index in [0.717, 1.165) is 50.3 Å². The Bertz CT molecular complexity index is 1560. The van der Waals surface area contributed by atoms with Gasteiger partial charge >= 0.3 is 5.97 Å². The number of nitrogens with zero attached hydrogens (tertiary/aromatic N) is 2. The van der Waals surface area contributed by atoms with Gasteiger partial charge in [0.1, 0.15) is 0 Å². The average molecular weight is 480 g/mol. The smallest absolute Gasteiger partial charge is 0.340 e. The zero-order chi connectivity index (χ0) is 24.6. The SMILES string of the molecule is COC(=O)c1c(-c2cccc3ccccc23)cn(C(Cc2ccc3c(c2)OCO3)c2cnc[nH]2)c1C. The number of benzene rings is 3. The van der Waals surface area contributed by atoms with E-state index < -0.39 is 0 Å². The molecule has 0 aliphatic carbocycles. The first-order valence-electron chi connectivity index (χ1n) is 11.8. The Hall–Kier alpha value is -4.52. The van der Waals surface area contributed by atoms with Gasteiger partial charge in [0.2, 0.25) is 6.79 Å². The third kappa shape index (κ3) is 3.69. The number of H-pyrrole nitrogens is 1. The molecule has 0 bridgehead atoms. The number of rotatable bonds is 6. The Morgan fingerprint density at radius 1 is 1.08 bits per heavy atom. The second-order valence-corrected chi connectivity index (χ2v) is 8.84. The lowest BCUT2D eigenvalue weighted by Crippen LogP contribution is -2.16. The minimum Gasteiger partial charge on any atom is -0.465 e.